The van der Waals surface area contributed by atoms with Gasteiger partial charge in [-0.2, -0.15) is 0 Å². The summed E-state index contributed by atoms with van der Waals surface area (Å²) in [4.78, 5) is 13.9. The van der Waals surface area contributed by atoms with Crippen LogP contribution < -0.4 is 0 Å². The van der Waals surface area contributed by atoms with Crippen LogP contribution in [0.15, 0.2) is 0 Å². The Morgan fingerprint density at radius 3 is 2.35 bits per heavy atom. The summed E-state index contributed by atoms with van der Waals surface area (Å²) in [6.45, 7) is 9.92. The average Bonchev–Trinajstić information content (AvgIpc) is 2.18. The first kappa shape index (κ1) is 14.5. The molecule has 0 aromatic rings. The molecule has 1 rings (SSSR count). The largest absolute Gasteiger partial charge is 0.462 e. The molecule has 1 aliphatic rings. The fourth-order valence-electron chi connectivity index (χ4n) is 1.91. The molecule has 0 spiro atoms. The zero-order valence-corrected chi connectivity index (χ0v) is 11.4. The number of esters is 1. The molecule has 0 aliphatic carbocycles. The minimum Gasteiger partial charge on any atom is -0.462 e. The van der Waals surface area contributed by atoms with E-state index in [2.05, 4.69) is 4.90 Å². The molecule has 0 aromatic heterocycles. The Morgan fingerprint density at radius 2 is 1.94 bits per heavy atom. The lowest BCUT2D eigenvalue weighted by Crippen LogP contribution is -2.41. The minimum atomic E-state index is -0.420. The van der Waals surface area contributed by atoms with Crippen molar-refractivity contribution in [3.63, 3.8) is 0 Å². The number of hydrogen-bond acceptors (Lipinski definition) is 4. The predicted molar refractivity (Wildman–Crippen MR) is 66.7 cm³/mol. The molecule has 100 valence electrons. The molecule has 0 saturated carbocycles. The van der Waals surface area contributed by atoms with E-state index in [1.165, 1.54) is 0 Å². The molecule has 0 unspecified atom stereocenters. The van der Waals surface area contributed by atoms with E-state index in [9.17, 15) is 9.90 Å². The third kappa shape index (κ3) is 5.04. The van der Waals surface area contributed by atoms with Gasteiger partial charge in [0.15, 0.2) is 0 Å². The molecule has 1 N–H and O–H groups in total. The first-order chi connectivity index (χ1) is 7.79. The molecule has 1 saturated heterocycles. The summed E-state index contributed by atoms with van der Waals surface area (Å²) in [5.74, 6) is -0.119. The molecular weight excluding hydrogens is 218 g/mol. The second-order valence-electron chi connectivity index (χ2n) is 6.00. The average molecular weight is 243 g/mol. The van der Waals surface area contributed by atoms with Gasteiger partial charge in [-0.15, -0.1) is 0 Å². The standard InChI is InChI=1S/C13H25NO3/c1-10(15)9-14-7-5-11(6-8-14)17-12(16)13(2,3)4/h10-11,15H,5-9H2,1-4H3/t10-/m1/s1. The number of ether oxygens (including phenoxy) is 1. The fraction of sp³-hybridized carbons (Fsp3) is 0.923. The second kappa shape index (κ2) is 5.83. The molecule has 1 fully saturated rings. The van der Waals surface area contributed by atoms with Gasteiger partial charge in [0.25, 0.3) is 0 Å². The molecule has 4 heteroatoms. The Hall–Kier alpha value is -0.610. The first-order valence-corrected chi connectivity index (χ1v) is 6.40. The molecule has 0 bridgehead atoms. The molecule has 1 heterocycles. The molecule has 1 atom stereocenters. The van der Waals surface area contributed by atoms with Gasteiger partial charge in [0, 0.05) is 19.6 Å². The maximum atomic E-state index is 11.7. The highest BCUT2D eigenvalue weighted by Crippen LogP contribution is 2.20. The van der Waals surface area contributed by atoms with Crippen molar-refractivity contribution in [3.8, 4) is 0 Å². The van der Waals surface area contributed by atoms with E-state index in [0.717, 1.165) is 25.9 Å². The number of piperidine rings is 1. The van der Waals surface area contributed by atoms with Crippen LogP contribution in [0.25, 0.3) is 0 Å². The first-order valence-electron chi connectivity index (χ1n) is 6.40. The van der Waals surface area contributed by atoms with Gasteiger partial charge < -0.3 is 14.7 Å². The summed E-state index contributed by atoms with van der Waals surface area (Å²) in [5.41, 5.74) is -0.420. The molecule has 4 nitrogen and oxygen atoms in total. The van der Waals surface area contributed by atoms with E-state index in [-0.39, 0.29) is 18.2 Å². The normalized spacial score (nSPS) is 21.2. The summed E-state index contributed by atoms with van der Waals surface area (Å²) >= 11 is 0. The van der Waals surface area contributed by atoms with Crippen molar-refractivity contribution in [1.29, 1.82) is 0 Å². The lowest BCUT2D eigenvalue weighted by Gasteiger charge is -2.33. The fourth-order valence-corrected chi connectivity index (χ4v) is 1.91. The smallest absolute Gasteiger partial charge is 0.311 e. The molecule has 0 radical (unpaired) electrons. The number of aliphatic hydroxyl groups excluding tert-OH is 1. The van der Waals surface area contributed by atoms with Crippen molar-refractivity contribution < 1.29 is 14.6 Å². The van der Waals surface area contributed by atoms with E-state index in [1.54, 1.807) is 6.92 Å². The number of rotatable bonds is 3. The predicted octanol–water partition coefficient (Wildman–Crippen LogP) is 1.42. The van der Waals surface area contributed by atoms with E-state index in [4.69, 9.17) is 4.74 Å². The van der Waals surface area contributed by atoms with Crippen LogP contribution in [0.1, 0.15) is 40.5 Å². The van der Waals surface area contributed by atoms with Crippen LogP contribution in [0.3, 0.4) is 0 Å². The van der Waals surface area contributed by atoms with E-state index in [1.807, 2.05) is 20.8 Å². The molecule has 17 heavy (non-hydrogen) atoms. The van der Waals surface area contributed by atoms with Crippen LogP contribution in [-0.4, -0.2) is 47.8 Å². The van der Waals surface area contributed by atoms with Crippen molar-refractivity contribution in [2.45, 2.75) is 52.7 Å². The van der Waals surface area contributed by atoms with Crippen LogP contribution >= 0.6 is 0 Å². The summed E-state index contributed by atoms with van der Waals surface area (Å²) in [6.07, 6.45) is 1.50. The van der Waals surface area contributed by atoms with E-state index >= 15 is 0 Å². The highest BCUT2D eigenvalue weighted by molar-refractivity contribution is 5.75. The zero-order valence-electron chi connectivity index (χ0n) is 11.4. The Labute approximate surface area is 104 Å². The summed E-state index contributed by atoms with van der Waals surface area (Å²) in [6, 6.07) is 0. The minimum absolute atomic E-state index is 0.0481. The van der Waals surface area contributed by atoms with E-state index < -0.39 is 5.41 Å². The number of β-amino-alcohol motifs (C(OH)–C–C–N with tert-alkyl or cyclic N) is 1. The number of likely N-dealkylation sites (tertiary alicyclic amines) is 1. The number of carbonyl (C=O) groups is 1. The van der Waals surface area contributed by atoms with Crippen LogP contribution in [-0.2, 0) is 9.53 Å². The summed E-state index contributed by atoms with van der Waals surface area (Å²) in [5, 5.41) is 9.30. The SMILES string of the molecule is C[C@@H](O)CN1CCC(OC(=O)C(C)(C)C)CC1. The number of carbonyl (C=O) groups excluding carboxylic acids is 1. The quantitative estimate of drug-likeness (QED) is 0.762. The van der Waals surface area contributed by atoms with Crippen molar-refractivity contribution in [2.75, 3.05) is 19.6 Å². The van der Waals surface area contributed by atoms with Gasteiger partial charge in [-0.1, -0.05) is 0 Å². The lowest BCUT2D eigenvalue weighted by atomic mass is 9.97. The summed E-state index contributed by atoms with van der Waals surface area (Å²) < 4.78 is 5.48. The van der Waals surface area contributed by atoms with Gasteiger partial charge in [0.05, 0.1) is 11.5 Å². The van der Waals surface area contributed by atoms with Gasteiger partial charge >= 0.3 is 5.97 Å². The number of aliphatic hydroxyl groups is 1. The molecular formula is C13H25NO3. The molecule has 1 aliphatic heterocycles. The van der Waals surface area contributed by atoms with Gasteiger partial charge in [-0.25, -0.2) is 0 Å². The third-order valence-electron chi connectivity index (χ3n) is 2.94. The van der Waals surface area contributed by atoms with Crippen LogP contribution in [0, 0.1) is 5.41 Å². The summed E-state index contributed by atoms with van der Waals surface area (Å²) in [7, 11) is 0. The zero-order chi connectivity index (χ0) is 13.1. The van der Waals surface area contributed by atoms with Crippen molar-refractivity contribution in [2.24, 2.45) is 5.41 Å². The Morgan fingerprint density at radius 1 is 1.41 bits per heavy atom. The highest BCUT2D eigenvalue weighted by Gasteiger charge is 2.28. The number of hydrogen-bond donors (Lipinski definition) is 1. The van der Waals surface area contributed by atoms with Crippen LogP contribution in [0.2, 0.25) is 0 Å². The van der Waals surface area contributed by atoms with Crippen LogP contribution in [0.5, 0.6) is 0 Å². The van der Waals surface area contributed by atoms with E-state index in [0.29, 0.717) is 6.54 Å². The Bertz CT molecular complexity index is 250. The monoisotopic (exact) mass is 243 g/mol. The highest BCUT2D eigenvalue weighted by atomic mass is 16.5. The van der Waals surface area contributed by atoms with Gasteiger partial charge in [0.2, 0.25) is 0 Å². The van der Waals surface area contributed by atoms with Crippen molar-refractivity contribution in [1.82, 2.24) is 4.90 Å². The maximum Gasteiger partial charge on any atom is 0.311 e. The van der Waals surface area contributed by atoms with Gasteiger partial charge in [-0.05, 0) is 40.5 Å². The Kier molecular flexibility index (Phi) is 4.95. The third-order valence-corrected chi connectivity index (χ3v) is 2.94. The molecule has 0 amide bonds. The number of nitrogens with zero attached hydrogens (tertiary/aromatic N) is 1. The molecule has 0 aromatic carbocycles. The van der Waals surface area contributed by atoms with Gasteiger partial charge in [0.1, 0.15) is 6.10 Å². The second-order valence-corrected chi connectivity index (χ2v) is 6.00. The maximum absolute atomic E-state index is 11.7. The van der Waals surface area contributed by atoms with Crippen LogP contribution in [0.4, 0.5) is 0 Å². The topological polar surface area (TPSA) is 49.8 Å². The Balaban J connectivity index is 2.30. The van der Waals surface area contributed by atoms with Gasteiger partial charge in [-0.3, -0.25) is 4.79 Å². The van der Waals surface area contributed by atoms with Crippen molar-refractivity contribution in [3.05, 3.63) is 0 Å². The lowest BCUT2D eigenvalue weighted by molar-refractivity contribution is -0.160. The van der Waals surface area contributed by atoms with Crippen molar-refractivity contribution >= 4 is 5.97 Å².